The van der Waals surface area contributed by atoms with Crippen LogP contribution in [0.3, 0.4) is 0 Å². The molecule has 0 N–H and O–H groups in total. The molecule has 3 nitrogen and oxygen atoms in total. The van der Waals surface area contributed by atoms with Crippen molar-refractivity contribution >= 4 is 5.69 Å². The number of nitro benzene ring substituents is 1. The normalized spacial score (nSPS) is 8.92. The van der Waals surface area contributed by atoms with Gasteiger partial charge in [0.25, 0.3) is 5.69 Å². The van der Waals surface area contributed by atoms with Crippen molar-refractivity contribution in [3.8, 4) is 12.3 Å². The molecule has 0 aliphatic heterocycles. The summed E-state index contributed by atoms with van der Waals surface area (Å²) in [5.41, 5.74) is 0.728. The highest BCUT2D eigenvalue weighted by Gasteiger charge is 2.04. The van der Waals surface area contributed by atoms with Crippen LogP contribution >= 0.6 is 0 Å². The third kappa shape index (κ3) is 1.83. The highest BCUT2D eigenvalue weighted by Crippen LogP contribution is 2.12. The van der Waals surface area contributed by atoms with Gasteiger partial charge < -0.3 is 0 Å². The van der Waals surface area contributed by atoms with Crippen molar-refractivity contribution in [3.05, 3.63) is 39.9 Å². The summed E-state index contributed by atoms with van der Waals surface area (Å²) >= 11 is 0. The minimum Gasteiger partial charge on any atom is -0.258 e. The zero-order valence-corrected chi connectivity index (χ0v) is 6.28. The van der Waals surface area contributed by atoms with Crippen molar-refractivity contribution in [1.82, 2.24) is 0 Å². The summed E-state index contributed by atoms with van der Waals surface area (Å²) in [6, 6.07) is 7.14. The predicted octanol–water partition coefficient (Wildman–Crippen LogP) is 1.57. The molecule has 0 spiro atoms. The first-order chi connectivity index (χ1) is 5.74. The Balaban J connectivity index is 2.97. The summed E-state index contributed by atoms with van der Waals surface area (Å²) < 4.78 is 0. The molecule has 0 unspecified atom stereocenters. The van der Waals surface area contributed by atoms with E-state index < -0.39 is 4.92 Å². The van der Waals surface area contributed by atoms with Crippen molar-refractivity contribution in [2.45, 2.75) is 6.42 Å². The molecule has 0 aliphatic rings. The number of hydrogen-bond donors (Lipinski definition) is 0. The summed E-state index contributed by atoms with van der Waals surface area (Å²) in [5, 5.41) is 10.3. The van der Waals surface area contributed by atoms with E-state index >= 15 is 0 Å². The van der Waals surface area contributed by atoms with E-state index in [9.17, 15) is 10.1 Å². The van der Waals surface area contributed by atoms with Gasteiger partial charge in [0.05, 0.1) is 4.92 Å². The second-order valence-electron chi connectivity index (χ2n) is 2.21. The molecule has 0 aromatic heterocycles. The quantitative estimate of drug-likeness (QED) is 0.374. The molecule has 0 heterocycles. The molecule has 3 heteroatoms. The van der Waals surface area contributed by atoms with Gasteiger partial charge in [-0.25, -0.2) is 0 Å². The van der Waals surface area contributed by atoms with Crippen LogP contribution in [0.15, 0.2) is 18.2 Å². The first-order valence-electron chi connectivity index (χ1n) is 3.32. The van der Waals surface area contributed by atoms with Crippen LogP contribution in [0.5, 0.6) is 0 Å². The van der Waals surface area contributed by atoms with Gasteiger partial charge in [0.1, 0.15) is 0 Å². The maximum absolute atomic E-state index is 10.3. The van der Waals surface area contributed by atoms with Gasteiger partial charge in [0, 0.05) is 18.6 Å². The average molecular weight is 160 g/mol. The summed E-state index contributed by atoms with van der Waals surface area (Å²) in [5.74, 6) is 2.40. The molecule has 0 aliphatic carbocycles. The first kappa shape index (κ1) is 8.28. The van der Waals surface area contributed by atoms with E-state index in [1.165, 1.54) is 18.2 Å². The van der Waals surface area contributed by atoms with Crippen LogP contribution < -0.4 is 0 Å². The number of rotatable bonds is 2. The number of hydrogen-bond acceptors (Lipinski definition) is 2. The maximum atomic E-state index is 10.3. The highest BCUT2D eigenvalue weighted by atomic mass is 16.6. The van der Waals surface area contributed by atoms with Crippen molar-refractivity contribution in [3.63, 3.8) is 0 Å². The van der Waals surface area contributed by atoms with E-state index in [1.54, 1.807) is 0 Å². The Bertz CT molecular complexity index is 339. The molecule has 0 bridgehead atoms. The Labute approximate surface area is 70.2 Å². The predicted molar refractivity (Wildman–Crippen MR) is 44.5 cm³/mol. The van der Waals surface area contributed by atoms with Crippen LogP contribution in [-0.2, 0) is 6.42 Å². The average Bonchev–Trinajstić information content (AvgIpc) is 2.05. The van der Waals surface area contributed by atoms with E-state index in [0.29, 0.717) is 12.0 Å². The van der Waals surface area contributed by atoms with Gasteiger partial charge in [-0.1, -0.05) is 0 Å². The smallest absolute Gasteiger partial charge is 0.258 e. The minimum absolute atomic E-state index is 0.0546. The molecule has 1 aromatic rings. The fourth-order valence-corrected chi connectivity index (χ4v) is 0.828. The number of benzene rings is 1. The molecule has 0 saturated heterocycles. The van der Waals surface area contributed by atoms with Crippen LogP contribution in [0.1, 0.15) is 5.56 Å². The lowest BCUT2D eigenvalue weighted by molar-refractivity contribution is -0.384. The zero-order chi connectivity index (χ0) is 8.97. The fourth-order valence-electron chi connectivity index (χ4n) is 0.828. The molecule has 0 saturated carbocycles. The second kappa shape index (κ2) is 3.54. The molecular weight excluding hydrogens is 154 g/mol. The van der Waals surface area contributed by atoms with Crippen LogP contribution in [0, 0.1) is 28.5 Å². The molecule has 0 fully saturated rings. The third-order valence-electron chi connectivity index (χ3n) is 1.35. The topological polar surface area (TPSA) is 43.1 Å². The van der Waals surface area contributed by atoms with Crippen molar-refractivity contribution in [2.24, 2.45) is 0 Å². The second-order valence-corrected chi connectivity index (χ2v) is 2.21. The zero-order valence-electron chi connectivity index (χ0n) is 6.28. The lowest BCUT2D eigenvalue weighted by Gasteiger charge is -1.93. The summed E-state index contributed by atoms with van der Waals surface area (Å²) in [7, 11) is 0. The molecule has 1 rings (SSSR count). The Morgan fingerprint density at radius 1 is 1.75 bits per heavy atom. The summed E-state index contributed by atoms with van der Waals surface area (Å²) in [6.45, 7) is 0. The van der Waals surface area contributed by atoms with E-state index in [-0.39, 0.29) is 5.69 Å². The standard InChI is InChI=1S/C9H6NO2/c1-2-4-8-5-3-6-9(7-8)10(11)12/h1,3,6-7H,4H2. The number of nitrogens with zero attached hydrogens (tertiary/aromatic N) is 1. The Hall–Kier alpha value is -1.82. The van der Waals surface area contributed by atoms with Gasteiger partial charge in [-0.05, 0) is 17.7 Å². The number of nitro groups is 1. The largest absolute Gasteiger partial charge is 0.269 e. The number of non-ortho nitro benzene ring substituents is 1. The molecule has 0 atom stereocenters. The van der Waals surface area contributed by atoms with Gasteiger partial charge in [-0.15, -0.1) is 12.3 Å². The van der Waals surface area contributed by atoms with Gasteiger partial charge in [0.2, 0.25) is 0 Å². The molecular formula is C9H6NO2. The Morgan fingerprint density at radius 2 is 2.50 bits per heavy atom. The van der Waals surface area contributed by atoms with Crippen LogP contribution in [0.25, 0.3) is 0 Å². The van der Waals surface area contributed by atoms with Crippen LogP contribution in [0.2, 0.25) is 0 Å². The summed E-state index contributed by atoms with van der Waals surface area (Å²) in [6.07, 6.45) is 5.42. The fraction of sp³-hybridized carbons (Fsp3) is 0.111. The number of terminal acetylenes is 1. The lowest BCUT2D eigenvalue weighted by atomic mass is 10.1. The van der Waals surface area contributed by atoms with Gasteiger partial charge >= 0.3 is 0 Å². The Kier molecular flexibility index (Phi) is 2.44. The third-order valence-corrected chi connectivity index (χ3v) is 1.35. The van der Waals surface area contributed by atoms with Gasteiger partial charge in [-0.2, -0.15) is 0 Å². The lowest BCUT2D eigenvalue weighted by Crippen LogP contribution is -1.89. The van der Waals surface area contributed by atoms with Crippen LogP contribution in [0.4, 0.5) is 5.69 Å². The van der Waals surface area contributed by atoms with Gasteiger partial charge in [0.15, 0.2) is 0 Å². The first-order valence-corrected chi connectivity index (χ1v) is 3.32. The highest BCUT2D eigenvalue weighted by molar-refractivity contribution is 5.34. The van der Waals surface area contributed by atoms with Crippen molar-refractivity contribution in [1.29, 1.82) is 0 Å². The van der Waals surface area contributed by atoms with Gasteiger partial charge in [-0.3, -0.25) is 10.1 Å². The van der Waals surface area contributed by atoms with E-state index in [4.69, 9.17) is 6.42 Å². The minimum atomic E-state index is -0.451. The van der Waals surface area contributed by atoms with Crippen molar-refractivity contribution in [2.75, 3.05) is 0 Å². The SMILES string of the molecule is C#CCc1[c]ccc([N+](=O)[O-])c1. The van der Waals surface area contributed by atoms with E-state index in [0.717, 1.165) is 0 Å². The molecule has 12 heavy (non-hydrogen) atoms. The van der Waals surface area contributed by atoms with E-state index in [2.05, 4.69) is 12.0 Å². The van der Waals surface area contributed by atoms with Crippen LogP contribution in [-0.4, -0.2) is 4.92 Å². The monoisotopic (exact) mass is 160 g/mol. The molecule has 59 valence electrons. The summed E-state index contributed by atoms with van der Waals surface area (Å²) in [4.78, 5) is 9.85. The maximum Gasteiger partial charge on any atom is 0.269 e. The molecule has 0 amide bonds. The molecule has 1 radical (unpaired) electrons. The van der Waals surface area contributed by atoms with E-state index in [1.807, 2.05) is 0 Å². The molecule has 1 aromatic carbocycles. The Morgan fingerprint density at radius 3 is 3.08 bits per heavy atom. The van der Waals surface area contributed by atoms with Crippen molar-refractivity contribution < 1.29 is 4.92 Å².